The van der Waals surface area contributed by atoms with E-state index in [-0.39, 0.29) is 35.4 Å². The Bertz CT molecular complexity index is 1250. The third-order valence-corrected chi connectivity index (χ3v) is 7.78. The summed E-state index contributed by atoms with van der Waals surface area (Å²) >= 11 is 0. The van der Waals surface area contributed by atoms with Crippen LogP contribution in [0.4, 0.5) is 19.1 Å². The number of imidazole rings is 1. The first-order valence-electron chi connectivity index (χ1n) is 10.7. The predicted octanol–water partition coefficient (Wildman–Crippen LogP) is 1.22. The Balaban J connectivity index is 1.46. The molecule has 2 aromatic rings. The van der Waals surface area contributed by atoms with E-state index in [2.05, 4.69) is 20.3 Å². The number of rotatable bonds is 6. The second-order valence-electron chi connectivity index (χ2n) is 9.02. The maximum absolute atomic E-state index is 14.9. The number of nitriles is 1. The fraction of sp³-hybridized carbons (Fsp3) is 0.600. The van der Waals surface area contributed by atoms with Crippen LogP contribution < -0.4 is 10.1 Å². The van der Waals surface area contributed by atoms with E-state index in [1.165, 1.54) is 24.0 Å². The van der Waals surface area contributed by atoms with Gasteiger partial charge in [-0.2, -0.15) is 14.6 Å². The Morgan fingerprint density at radius 1 is 1.37 bits per heavy atom. The summed E-state index contributed by atoms with van der Waals surface area (Å²) in [6.45, 7) is 0.804. The van der Waals surface area contributed by atoms with E-state index >= 15 is 0 Å². The van der Waals surface area contributed by atoms with E-state index in [0.29, 0.717) is 0 Å². The van der Waals surface area contributed by atoms with Gasteiger partial charge in [0.1, 0.15) is 29.5 Å². The Hall–Kier alpha value is -2.96. The van der Waals surface area contributed by atoms with Gasteiger partial charge in [0.05, 0.1) is 25.0 Å². The lowest BCUT2D eigenvalue weighted by atomic mass is 10.0. The van der Waals surface area contributed by atoms with Gasteiger partial charge in [0.15, 0.2) is 5.03 Å². The Morgan fingerprint density at radius 2 is 2.11 bits per heavy atom. The van der Waals surface area contributed by atoms with Crippen LogP contribution in [0.2, 0.25) is 0 Å². The molecule has 0 aromatic carbocycles. The van der Waals surface area contributed by atoms with Gasteiger partial charge in [-0.15, -0.1) is 0 Å². The van der Waals surface area contributed by atoms with E-state index in [9.17, 15) is 32.0 Å². The molecule has 0 radical (unpaired) electrons. The molecule has 11 nitrogen and oxygen atoms in total. The average Bonchev–Trinajstić information content (AvgIpc) is 3.29. The molecule has 1 saturated carbocycles. The van der Waals surface area contributed by atoms with E-state index in [4.69, 9.17) is 4.74 Å². The molecule has 2 fully saturated rings. The minimum Gasteiger partial charge on any atom is -0.470 e. The van der Waals surface area contributed by atoms with E-state index in [0.717, 1.165) is 10.5 Å². The number of aryl methyl sites for hydroxylation is 1. The maximum Gasteiger partial charge on any atom is 0.262 e. The fourth-order valence-corrected chi connectivity index (χ4v) is 5.61. The number of nitrogens with one attached hydrogen (secondary N) is 1. The highest BCUT2D eigenvalue weighted by molar-refractivity contribution is 7.89. The van der Waals surface area contributed by atoms with Crippen molar-refractivity contribution in [3.05, 3.63) is 24.3 Å². The van der Waals surface area contributed by atoms with Crippen LogP contribution >= 0.6 is 0 Å². The summed E-state index contributed by atoms with van der Waals surface area (Å²) in [4.78, 5) is 11.8. The number of ether oxygens (including phenoxy) is 1. The smallest absolute Gasteiger partial charge is 0.262 e. The largest absolute Gasteiger partial charge is 0.470 e. The van der Waals surface area contributed by atoms with Crippen LogP contribution in [0.1, 0.15) is 31.7 Å². The van der Waals surface area contributed by atoms with Gasteiger partial charge < -0.3 is 19.7 Å². The highest BCUT2D eigenvalue weighted by Gasteiger charge is 2.54. The molecule has 0 unspecified atom stereocenters. The molecular formula is C20H24F3N7O4S. The number of hydrogen-bond donors (Lipinski definition) is 2. The third-order valence-electron chi connectivity index (χ3n) is 6.03. The molecule has 2 N–H and O–H groups in total. The maximum atomic E-state index is 14.9. The Labute approximate surface area is 199 Å². The molecule has 0 spiro atoms. The highest BCUT2D eigenvalue weighted by Crippen LogP contribution is 2.43. The van der Waals surface area contributed by atoms with Crippen LogP contribution in [-0.4, -0.2) is 80.3 Å². The molecule has 15 heteroatoms. The molecule has 190 valence electrons. The SMILES string of the molecule is Cn1cnc(S(=O)(=O)N2CC[C@H](Nc3ncc(C#N)c(O[C@@H]4CC(F)(F)C[C@]4(C)O)n3)[C@H](F)C2)c1. The third kappa shape index (κ3) is 5.19. The minimum atomic E-state index is -3.96. The molecule has 0 amide bonds. The first-order valence-corrected chi connectivity index (χ1v) is 12.2. The van der Waals surface area contributed by atoms with Crippen LogP contribution in [0.3, 0.4) is 0 Å². The molecule has 4 rings (SSSR count). The number of piperidine rings is 1. The number of nitrogens with zero attached hydrogens (tertiary/aromatic N) is 6. The lowest BCUT2D eigenvalue weighted by Crippen LogP contribution is -2.50. The number of aliphatic hydroxyl groups is 1. The predicted molar refractivity (Wildman–Crippen MR) is 115 cm³/mol. The summed E-state index contributed by atoms with van der Waals surface area (Å²) in [5.74, 6) is -3.59. The first kappa shape index (κ1) is 25.1. The Morgan fingerprint density at radius 3 is 2.69 bits per heavy atom. The number of aromatic nitrogens is 4. The van der Waals surface area contributed by atoms with Crippen molar-refractivity contribution in [2.75, 3.05) is 18.4 Å². The summed E-state index contributed by atoms with van der Waals surface area (Å²) in [6.07, 6.45) is -0.656. The van der Waals surface area contributed by atoms with E-state index in [1.54, 1.807) is 13.1 Å². The average molecular weight is 516 g/mol. The number of alkyl halides is 3. The molecule has 1 saturated heterocycles. The van der Waals surface area contributed by atoms with Crippen molar-refractivity contribution < 1.29 is 31.4 Å². The van der Waals surface area contributed by atoms with Gasteiger partial charge in [-0.05, 0) is 13.3 Å². The summed E-state index contributed by atoms with van der Waals surface area (Å²) < 4.78 is 75.9. The highest BCUT2D eigenvalue weighted by atomic mass is 32.2. The molecule has 1 aliphatic carbocycles. The second-order valence-corrected chi connectivity index (χ2v) is 10.9. The summed E-state index contributed by atoms with van der Waals surface area (Å²) in [6, 6.07) is 0.938. The molecular weight excluding hydrogens is 491 g/mol. The summed E-state index contributed by atoms with van der Waals surface area (Å²) in [7, 11) is -2.34. The van der Waals surface area contributed by atoms with Crippen molar-refractivity contribution in [1.29, 1.82) is 5.26 Å². The zero-order chi connectivity index (χ0) is 25.6. The van der Waals surface area contributed by atoms with E-state index in [1.807, 2.05) is 0 Å². The summed E-state index contributed by atoms with van der Waals surface area (Å²) in [5, 5.41) is 22.2. The topological polar surface area (TPSA) is 146 Å². The molecule has 3 heterocycles. The van der Waals surface area contributed by atoms with Gasteiger partial charge in [0, 0.05) is 32.8 Å². The Kier molecular flexibility index (Phi) is 6.41. The second kappa shape index (κ2) is 8.92. The quantitative estimate of drug-likeness (QED) is 0.580. The van der Waals surface area contributed by atoms with Gasteiger partial charge in [-0.1, -0.05) is 0 Å². The lowest BCUT2D eigenvalue weighted by molar-refractivity contribution is -0.0406. The van der Waals surface area contributed by atoms with Gasteiger partial charge in [0.2, 0.25) is 11.8 Å². The number of hydrogen-bond acceptors (Lipinski definition) is 9. The van der Waals surface area contributed by atoms with Crippen LogP contribution in [0.5, 0.6) is 5.88 Å². The van der Waals surface area contributed by atoms with Gasteiger partial charge in [-0.25, -0.2) is 31.6 Å². The van der Waals surface area contributed by atoms with Gasteiger partial charge in [0.25, 0.3) is 15.9 Å². The molecule has 2 aliphatic rings. The van der Waals surface area contributed by atoms with Gasteiger partial charge >= 0.3 is 0 Å². The van der Waals surface area contributed by atoms with Crippen molar-refractivity contribution in [3.8, 4) is 11.9 Å². The summed E-state index contributed by atoms with van der Waals surface area (Å²) in [5.41, 5.74) is -1.99. The monoisotopic (exact) mass is 515 g/mol. The fourth-order valence-electron chi connectivity index (χ4n) is 4.18. The number of halogens is 3. The van der Waals surface area contributed by atoms with Crippen LogP contribution in [0, 0.1) is 11.3 Å². The van der Waals surface area contributed by atoms with Crippen molar-refractivity contribution >= 4 is 16.0 Å². The lowest BCUT2D eigenvalue weighted by Gasteiger charge is -2.33. The van der Waals surface area contributed by atoms with Crippen molar-refractivity contribution in [3.63, 3.8) is 0 Å². The molecule has 1 aliphatic heterocycles. The number of sulfonamides is 1. The minimum absolute atomic E-state index is 0.0106. The number of anilines is 1. The zero-order valence-corrected chi connectivity index (χ0v) is 19.7. The van der Waals surface area contributed by atoms with Crippen molar-refractivity contribution in [2.45, 2.75) is 61.1 Å². The molecule has 4 atom stereocenters. The van der Waals surface area contributed by atoms with Gasteiger partial charge in [-0.3, -0.25) is 0 Å². The van der Waals surface area contributed by atoms with Crippen LogP contribution in [0.25, 0.3) is 0 Å². The molecule has 35 heavy (non-hydrogen) atoms. The molecule has 0 bridgehead atoms. The normalized spacial score (nSPS) is 29.0. The first-order chi connectivity index (χ1) is 16.3. The zero-order valence-electron chi connectivity index (χ0n) is 18.9. The van der Waals surface area contributed by atoms with Crippen molar-refractivity contribution in [2.24, 2.45) is 7.05 Å². The van der Waals surface area contributed by atoms with Crippen LogP contribution in [0.15, 0.2) is 23.7 Å². The molecule has 2 aromatic heterocycles. The van der Waals surface area contributed by atoms with E-state index < -0.39 is 59.3 Å². The van der Waals surface area contributed by atoms with Crippen molar-refractivity contribution in [1.82, 2.24) is 23.8 Å². The standard InChI is InChI=1S/C20H24F3N7O4S/c1-19(31)10-20(22,23)5-15(19)34-17-12(6-24)7-25-18(28-17)27-14-3-4-30(8-13(14)21)35(32,33)16-9-29(2)11-26-16/h7,9,11,13-15,31H,3-5,8,10H2,1-2H3,(H,25,27,28)/t13-,14+,15-,19+/m1/s1. The van der Waals surface area contributed by atoms with Crippen LogP contribution in [-0.2, 0) is 17.1 Å².